The molecule has 1 fully saturated rings. The summed E-state index contributed by atoms with van der Waals surface area (Å²) in [5.74, 6) is -0.635. The standard InChI is InChI=1S/C24H28F2N6O3/c1-13-12-31(19(33)11-17(27)14-4-6-15(25)7-5-14)8-9-32(13)24-29-21-16(23(28)30-24)10-18(34-2)22(35-3)20(21)26/h4-7,10,13,17H,8-9,11-12,27H2,1-3H3,(H2,28,29,30)/t13-,17+/m0/s1. The van der Waals surface area contributed by atoms with Crippen LogP contribution < -0.4 is 25.8 Å². The third-order valence-electron chi connectivity index (χ3n) is 6.22. The van der Waals surface area contributed by atoms with E-state index in [4.69, 9.17) is 20.9 Å². The molecule has 9 nitrogen and oxygen atoms in total. The zero-order valence-corrected chi connectivity index (χ0v) is 19.8. The Morgan fingerprint density at radius 1 is 1.17 bits per heavy atom. The average Bonchev–Trinajstić information content (AvgIpc) is 2.84. The zero-order valence-electron chi connectivity index (χ0n) is 19.8. The number of fused-ring (bicyclic) bond motifs is 1. The van der Waals surface area contributed by atoms with Gasteiger partial charge in [0.15, 0.2) is 17.3 Å². The largest absolute Gasteiger partial charge is 0.493 e. The van der Waals surface area contributed by atoms with Crippen LogP contribution in [0.2, 0.25) is 0 Å². The fourth-order valence-electron chi connectivity index (χ4n) is 4.29. The molecule has 2 aromatic carbocycles. The van der Waals surface area contributed by atoms with E-state index in [1.165, 1.54) is 26.4 Å². The molecule has 35 heavy (non-hydrogen) atoms. The molecule has 11 heteroatoms. The van der Waals surface area contributed by atoms with Crippen LogP contribution in [-0.2, 0) is 4.79 Å². The molecule has 1 amide bonds. The van der Waals surface area contributed by atoms with Crippen LogP contribution in [0.15, 0.2) is 30.3 Å². The summed E-state index contributed by atoms with van der Waals surface area (Å²) in [4.78, 5) is 25.3. The van der Waals surface area contributed by atoms with Crippen LogP contribution in [-0.4, -0.2) is 60.7 Å². The summed E-state index contributed by atoms with van der Waals surface area (Å²) in [6, 6.07) is 6.66. The number of amides is 1. The molecule has 2 atom stereocenters. The molecule has 0 saturated carbocycles. The first-order chi connectivity index (χ1) is 16.7. The molecule has 1 saturated heterocycles. The second-order valence-electron chi connectivity index (χ2n) is 8.48. The molecule has 2 heterocycles. The van der Waals surface area contributed by atoms with Gasteiger partial charge in [-0.1, -0.05) is 12.1 Å². The molecule has 3 aromatic rings. The fourth-order valence-corrected chi connectivity index (χ4v) is 4.29. The number of benzene rings is 2. The summed E-state index contributed by atoms with van der Waals surface area (Å²) in [5, 5.41) is 0.320. The van der Waals surface area contributed by atoms with E-state index in [-0.39, 0.29) is 53.0 Å². The van der Waals surface area contributed by atoms with Gasteiger partial charge in [-0.05, 0) is 30.7 Å². The van der Waals surface area contributed by atoms with Gasteiger partial charge in [-0.2, -0.15) is 4.98 Å². The summed E-state index contributed by atoms with van der Waals surface area (Å²) in [7, 11) is 2.75. The van der Waals surface area contributed by atoms with E-state index in [1.807, 2.05) is 11.8 Å². The van der Waals surface area contributed by atoms with Gasteiger partial charge in [-0.3, -0.25) is 4.79 Å². The number of nitrogens with zero attached hydrogens (tertiary/aromatic N) is 4. The van der Waals surface area contributed by atoms with Crippen LogP contribution in [0.25, 0.3) is 10.9 Å². The van der Waals surface area contributed by atoms with Crippen molar-refractivity contribution in [2.75, 3.05) is 44.5 Å². The van der Waals surface area contributed by atoms with Crippen molar-refractivity contribution in [1.82, 2.24) is 14.9 Å². The Balaban J connectivity index is 1.51. The number of methoxy groups -OCH3 is 2. The summed E-state index contributed by atoms with van der Waals surface area (Å²) in [6.07, 6.45) is 0.102. The molecule has 0 radical (unpaired) electrons. The van der Waals surface area contributed by atoms with Gasteiger partial charge in [0.1, 0.15) is 17.2 Å². The van der Waals surface area contributed by atoms with Crippen molar-refractivity contribution >= 4 is 28.6 Å². The number of carbonyl (C=O) groups excluding carboxylic acids is 1. The Morgan fingerprint density at radius 3 is 2.51 bits per heavy atom. The minimum Gasteiger partial charge on any atom is -0.493 e. The highest BCUT2D eigenvalue weighted by Gasteiger charge is 2.30. The monoisotopic (exact) mass is 486 g/mol. The van der Waals surface area contributed by atoms with E-state index in [1.54, 1.807) is 23.1 Å². The first-order valence-corrected chi connectivity index (χ1v) is 11.2. The summed E-state index contributed by atoms with van der Waals surface area (Å²) in [6.45, 7) is 3.17. The molecule has 0 spiro atoms. The molecule has 186 valence electrons. The van der Waals surface area contributed by atoms with Gasteiger partial charge in [-0.25, -0.2) is 13.8 Å². The minimum absolute atomic E-state index is 0.0288. The first-order valence-electron chi connectivity index (χ1n) is 11.2. The molecule has 0 aliphatic carbocycles. The number of piperazine rings is 1. The maximum atomic E-state index is 15.1. The van der Waals surface area contributed by atoms with E-state index in [0.717, 1.165) is 0 Å². The maximum absolute atomic E-state index is 15.1. The number of carbonyl (C=O) groups is 1. The Labute approximate surface area is 201 Å². The van der Waals surface area contributed by atoms with Crippen molar-refractivity contribution in [2.45, 2.75) is 25.4 Å². The van der Waals surface area contributed by atoms with Crippen LogP contribution in [0, 0.1) is 11.6 Å². The van der Waals surface area contributed by atoms with E-state index in [0.29, 0.717) is 30.6 Å². The minimum atomic E-state index is -0.687. The predicted octanol–water partition coefficient (Wildman–Crippen LogP) is 2.63. The van der Waals surface area contributed by atoms with Crippen molar-refractivity contribution in [3.8, 4) is 11.5 Å². The Hall–Kier alpha value is -3.73. The van der Waals surface area contributed by atoms with Gasteiger partial charge < -0.3 is 30.7 Å². The number of hydrogen-bond acceptors (Lipinski definition) is 8. The molecule has 1 aliphatic rings. The molecule has 4 rings (SSSR count). The number of rotatable bonds is 6. The van der Waals surface area contributed by atoms with Gasteiger partial charge >= 0.3 is 0 Å². The van der Waals surface area contributed by atoms with Crippen molar-refractivity contribution < 1.29 is 23.0 Å². The van der Waals surface area contributed by atoms with Crippen molar-refractivity contribution in [3.05, 3.63) is 47.5 Å². The number of halogens is 2. The summed E-state index contributed by atoms with van der Waals surface area (Å²) < 4.78 is 38.6. The number of anilines is 2. The van der Waals surface area contributed by atoms with E-state index >= 15 is 4.39 Å². The molecule has 0 unspecified atom stereocenters. The topological polar surface area (TPSA) is 120 Å². The fraction of sp³-hybridized carbons (Fsp3) is 0.375. The number of nitrogen functional groups attached to an aromatic ring is 1. The van der Waals surface area contributed by atoms with Crippen LogP contribution in [0.3, 0.4) is 0 Å². The molecule has 1 aromatic heterocycles. The summed E-state index contributed by atoms with van der Waals surface area (Å²) >= 11 is 0. The highest BCUT2D eigenvalue weighted by Crippen LogP contribution is 2.37. The Bertz CT molecular complexity index is 1240. The number of hydrogen-bond donors (Lipinski definition) is 2. The van der Waals surface area contributed by atoms with E-state index in [2.05, 4.69) is 9.97 Å². The molecule has 4 N–H and O–H groups in total. The first kappa shape index (κ1) is 24.4. The normalized spacial score (nSPS) is 16.9. The van der Waals surface area contributed by atoms with Crippen molar-refractivity contribution in [3.63, 3.8) is 0 Å². The number of aromatic nitrogens is 2. The maximum Gasteiger partial charge on any atom is 0.228 e. The van der Waals surface area contributed by atoms with Crippen LogP contribution in [0.4, 0.5) is 20.5 Å². The molecule has 1 aliphatic heterocycles. The zero-order chi connectivity index (χ0) is 25.3. The molecule has 0 bridgehead atoms. The van der Waals surface area contributed by atoms with E-state index < -0.39 is 11.9 Å². The third-order valence-corrected chi connectivity index (χ3v) is 6.22. The second-order valence-corrected chi connectivity index (χ2v) is 8.48. The van der Waals surface area contributed by atoms with Gasteiger partial charge in [0.25, 0.3) is 0 Å². The van der Waals surface area contributed by atoms with Gasteiger partial charge in [0.05, 0.1) is 14.2 Å². The predicted molar refractivity (Wildman–Crippen MR) is 128 cm³/mol. The lowest BCUT2D eigenvalue weighted by Gasteiger charge is -2.40. The van der Waals surface area contributed by atoms with Crippen LogP contribution in [0.1, 0.15) is 24.9 Å². The van der Waals surface area contributed by atoms with Crippen molar-refractivity contribution in [2.24, 2.45) is 5.73 Å². The highest BCUT2D eigenvalue weighted by molar-refractivity contribution is 5.92. The second kappa shape index (κ2) is 9.87. The van der Waals surface area contributed by atoms with Crippen molar-refractivity contribution in [1.29, 1.82) is 0 Å². The van der Waals surface area contributed by atoms with Crippen LogP contribution in [0.5, 0.6) is 11.5 Å². The molecular weight excluding hydrogens is 458 g/mol. The molecular formula is C24H28F2N6O3. The van der Waals surface area contributed by atoms with E-state index in [9.17, 15) is 9.18 Å². The number of nitrogens with two attached hydrogens (primary N) is 2. The smallest absolute Gasteiger partial charge is 0.228 e. The summed E-state index contributed by atoms with van der Waals surface area (Å²) in [5.41, 5.74) is 13.0. The van der Waals surface area contributed by atoms with Crippen LogP contribution >= 0.6 is 0 Å². The Kier molecular flexibility index (Phi) is 6.88. The van der Waals surface area contributed by atoms with Gasteiger partial charge in [-0.15, -0.1) is 0 Å². The lowest BCUT2D eigenvalue weighted by molar-refractivity contribution is -0.132. The lowest BCUT2D eigenvalue weighted by Crippen LogP contribution is -2.54. The SMILES string of the molecule is COc1cc2c(N)nc(N3CCN(C(=O)C[C@@H](N)c4ccc(F)cc4)C[C@@H]3C)nc2c(F)c1OC. The average molecular weight is 487 g/mol. The number of ether oxygens (including phenoxy) is 2. The van der Waals surface area contributed by atoms with Gasteiger partial charge in [0.2, 0.25) is 11.9 Å². The highest BCUT2D eigenvalue weighted by atomic mass is 19.1. The Morgan fingerprint density at radius 2 is 1.89 bits per heavy atom. The van der Waals surface area contributed by atoms with Gasteiger partial charge in [0, 0.05) is 43.5 Å². The third kappa shape index (κ3) is 4.76. The quantitative estimate of drug-likeness (QED) is 0.546. The lowest BCUT2D eigenvalue weighted by atomic mass is 10.0.